The van der Waals surface area contributed by atoms with Gasteiger partial charge in [-0.25, -0.2) is 9.59 Å². The summed E-state index contributed by atoms with van der Waals surface area (Å²) in [6, 6.07) is 12.6. The number of ether oxygens (including phenoxy) is 3. The first-order valence-corrected chi connectivity index (χ1v) is 10.3. The van der Waals surface area contributed by atoms with Crippen LogP contribution in [0.5, 0.6) is 11.5 Å². The molecule has 0 aliphatic heterocycles. The van der Waals surface area contributed by atoms with Crippen LogP contribution >= 0.6 is 11.6 Å². The molecule has 0 saturated carbocycles. The number of hydrogen-bond donors (Lipinski definition) is 1. The van der Waals surface area contributed by atoms with Crippen molar-refractivity contribution in [3.63, 3.8) is 0 Å². The third-order valence-electron chi connectivity index (χ3n) is 4.80. The van der Waals surface area contributed by atoms with Gasteiger partial charge in [0.1, 0.15) is 17.5 Å². The van der Waals surface area contributed by atoms with Crippen LogP contribution in [0.1, 0.15) is 31.4 Å². The van der Waals surface area contributed by atoms with Gasteiger partial charge < -0.3 is 19.3 Å². The zero-order valence-electron chi connectivity index (χ0n) is 18.4. The minimum Gasteiger partial charge on any atom is -0.497 e. The Labute approximate surface area is 192 Å². The van der Waals surface area contributed by atoms with Crippen molar-refractivity contribution >= 4 is 34.8 Å². The molecular formula is C24H26ClNO6. The zero-order valence-corrected chi connectivity index (χ0v) is 19.1. The van der Waals surface area contributed by atoms with Crippen molar-refractivity contribution < 1.29 is 28.9 Å². The molecule has 8 heteroatoms. The Bertz CT molecular complexity index is 1020. The Kier molecular flexibility index (Phi) is 9.28. The number of carbonyl (C=O) groups is 2. The van der Waals surface area contributed by atoms with Gasteiger partial charge in [-0.1, -0.05) is 56.1 Å². The summed E-state index contributed by atoms with van der Waals surface area (Å²) in [5, 5.41) is 9.45. The molecule has 0 heterocycles. The number of aliphatic imine (C=N–C) groups is 1. The van der Waals surface area contributed by atoms with E-state index >= 15 is 0 Å². The third-order valence-corrected chi connectivity index (χ3v) is 5.19. The lowest BCUT2D eigenvalue weighted by molar-refractivity contribution is -0.139. The lowest BCUT2D eigenvalue weighted by Gasteiger charge is -2.14. The summed E-state index contributed by atoms with van der Waals surface area (Å²) < 4.78 is 15.8. The summed E-state index contributed by atoms with van der Waals surface area (Å²) >= 11 is 6.37. The Hall–Kier alpha value is -3.32. The van der Waals surface area contributed by atoms with Gasteiger partial charge in [-0.15, -0.1) is 0 Å². The molecular weight excluding hydrogens is 434 g/mol. The molecule has 0 aromatic heterocycles. The van der Waals surface area contributed by atoms with Crippen LogP contribution in [0, 0.1) is 5.92 Å². The highest BCUT2D eigenvalue weighted by Gasteiger charge is 2.22. The molecule has 2 unspecified atom stereocenters. The first-order valence-electron chi connectivity index (χ1n) is 9.97. The topological polar surface area (TPSA) is 94.4 Å². The van der Waals surface area contributed by atoms with Gasteiger partial charge in [-0.3, -0.25) is 4.99 Å². The van der Waals surface area contributed by atoms with Gasteiger partial charge in [0.15, 0.2) is 0 Å². The molecule has 0 radical (unpaired) electrons. The maximum Gasteiger partial charge on any atom is 0.380 e. The van der Waals surface area contributed by atoms with Crippen molar-refractivity contribution in [3.8, 4) is 11.5 Å². The molecule has 0 amide bonds. The first-order chi connectivity index (χ1) is 15.3. The molecule has 170 valence electrons. The average molecular weight is 460 g/mol. The van der Waals surface area contributed by atoms with E-state index in [0.717, 1.165) is 0 Å². The van der Waals surface area contributed by atoms with Crippen molar-refractivity contribution in [1.29, 1.82) is 0 Å². The van der Waals surface area contributed by atoms with E-state index in [9.17, 15) is 14.7 Å². The predicted molar refractivity (Wildman–Crippen MR) is 123 cm³/mol. The Morgan fingerprint density at radius 2 is 1.81 bits per heavy atom. The van der Waals surface area contributed by atoms with E-state index < -0.39 is 18.0 Å². The minimum atomic E-state index is -0.986. The second-order valence-corrected chi connectivity index (χ2v) is 7.37. The van der Waals surface area contributed by atoms with Crippen molar-refractivity contribution in [1.82, 2.24) is 0 Å². The highest BCUT2D eigenvalue weighted by atomic mass is 35.5. The number of carbonyl (C=O) groups excluding carboxylic acids is 1. The Balaban J connectivity index is 2.23. The van der Waals surface area contributed by atoms with Gasteiger partial charge >= 0.3 is 11.9 Å². The van der Waals surface area contributed by atoms with Crippen molar-refractivity contribution in [2.75, 3.05) is 14.2 Å². The number of esters is 1. The molecule has 0 spiro atoms. The number of methoxy groups -OCH3 is 2. The SMILES string of the molecule is CCC(C)C(N=Cc1cccc(OC(=O)/C(OC)=C(\Cl)c2cccc(OC)c2)c1)C(=O)O. The maximum absolute atomic E-state index is 12.7. The summed E-state index contributed by atoms with van der Waals surface area (Å²) in [6.45, 7) is 3.74. The normalized spacial score (nSPS) is 13.8. The molecule has 32 heavy (non-hydrogen) atoms. The largest absolute Gasteiger partial charge is 0.497 e. The van der Waals surface area contributed by atoms with Crippen LogP contribution in [-0.2, 0) is 14.3 Å². The lowest BCUT2D eigenvalue weighted by Crippen LogP contribution is -2.25. The van der Waals surface area contributed by atoms with Gasteiger partial charge in [0.05, 0.1) is 19.3 Å². The Morgan fingerprint density at radius 1 is 1.12 bits per heavy atom. The number of rotatable bonds is 10. The molecule has 0 aliphatic rings. The fourth-order valence-corrected chi connectivity index (χ4v) is 3.08. The standard InChI is InChI=1S/C24H26ClNO6/c1-5-15(2)21(23(27)28)26-14-16-8-6-11-19(12-16)32-24(29)22(31-4)20(25)17-9-7-10-18(13-17)30-3/h6-15,21H,5H2,1-4H3,(H,27,28)/b22-20+,26-14?. The van der Waals surface area contributed by atoms with Crippen LogP contribution in [-0.4, -0.2) is 43.5 Å². The van der Waals surface area contributed by atoms with Gasteiger partial charge in [0.25, 0.3) is 0 Å². The van der Waals surface area contributed by atoms with Crippen LogP contribution in [0.4, 0.5) is 0 Å². The zero-order chi connectivity index (χ0) is 23.7. The molecule has 1 N–H and O–H groups in total. The van der Waals surface area contributed by atoms with E-state index in [2.05, 4.69) is 4.99 Å². The summed E-state index contributed by atoms with van der Waals surface area (Å²) in [6.07, 6.45) is 2.14. The smallest absolute Gasteiger partial charge is 0.380 e. The van der Waals surface area contributed by atoms with E-state index in [1.807, 2.05) is 13.8 Å². The van der Waals surface area contributed by atoms with Gasteiger partial charge in [-0.05, 0) is 35.7 Å². The fourth-order valence-electron chi connectivity index (χ4n) is 2.81. The summed E-state index contributed by atoms with van der Waals surface area (Å²) in [7, 11) is 2.85. The van der Waals surface area contributed by atoms with Crippen LogP contribution < -0.4 is 9.47 Å². The second kappa shape index (κ2) is 11.9. The number of benzene rings is 2. The molecule has 0 fully saturated rings. The summed E-state index contributed by atoms with van der Waals surface area (Å²) in [4.78, 5) is 28.3. The van der Waals surface area contributed by atoms with Crippen LogP contribution in [0.3, 0.4) is 0 Å². The molecule has 2 aromatic carbocycles. The second-order valence-electron chi connectivity index (χ2n) is 6.99. The van der Waals surface area contributed by atoms with Crippen LogP contribution in [0.15, 0.2) is 59.3 Å². The molecule has 0 aliphatic carbocycles. The quantitative estimate of drug-likeness (QED) is 0.181. The van der Waals surface area contributed by atoms with Crippen LogP contribution in [0.2, 0.25) is 0 Å². The number of aliphatic carboxylic acids is 1. The van der Waals surface area contributed by atoms with Crippen molar-refractivity contribution in [2.24, 2.45) is 10.9 Å². The van der Waals surface area contributed by atoms with E-state index in [0.29, 0.717) is 23.3 Å². The van der Waals surface area contributed by atoms with Gasteiger partial charge in [-0.2, -0.15) is 0 Å². The number of carboxylic acid groups (broad SMARTS) is 1. The predicted octanol–water partition coefficient (Wildman–Crippen LogP) is 4.77. The fraction of sp³-hybridized carbons (Fsp3) is 0.292. The number of nitrogens with zero attached hydrogens (tertiary/aromatic N) is 1. The molecule has 2 atom stereocenters. The van der Waals surface area contributed by atoms with E-state index in [1.165, 1.54) is 20.4 Å². The molecule has 0 saturated heterocycles. The van der Waals surface area contributed by atoms with E-state index in [1.54, 1.807) is 48.5 Å². The van der Waals surface area contributed by atoms with Crippen molar-refractivity contribution in [3.05, 3.63) is 65.4 Å². The monoisotopic (exact) mass is 459 g/mol. The molecule has 2 rings (SSSR count). The highest BCUT2D eigenvalue weighted by molar-refractivity contribution is 6.50. The van der Waals surface area contributed by atoms with E-state index in [4.69, 9.17) is 25.8 Å². The van der Waals surface area contributed by atoms with Crippen LogP contribution in [0.25, 0.3) is 5.03 Å². The van der Waals surface area contributed by atoms with Crippen molar-refractivity contribution in [2.45, 2.75) is 26.3 Å². The number of halogens is 1. The van der Waals surface area contributed by atoms with Gasteiger partial charge in [0, 0.05) is 11.8 Å². The van der Waals surface area contributed by atoms with E-state index in [-0.39, 0.29) is 22.5 Å². The average Bonchev–Trinajstić information content (AvgIpc) is 2.79. The van der Waals surface area contributed by atoms with Gasteiger partial charge in [0.2, 0.25) is 5.76 Å². The first kappa shape index (κ1) is 24.9. The maximum atomic E-state index is 12.7. The summed E-state index contributed by atoms with van der Waals surface area (Å²) in [5.41, 5.74) is 1.12. The third kappa shape index (κ3) is 6.59. The lowest BCUT2D eigenvalue weighted by atomic mass is 10.00. The molecule has 2 aromatic rings. The number of carboxylic acids is 1. The minimum absolute atomic E-state index is 0.0759. The highest BCUT2D eigenvalue weighted by Crippen LogP contribution is 2.28. The summed E-state index contributed by atoms with van der Waals surface area (Å²) in [5.74, 6) is -1.23. The molecule has 0 bridgehead atoms. The number of hydrogen-bond acceptors (Lipinski definition) is 6. The molecule has 7 nitrogen and oxygen atoms in total. The Morgan fingerprint density at radius 3 is 2.44 bits per heavy atom.